The minimum absolute atomic E-state index is 0.0387. The summed E-state index contributed by atoms with van der Waals surface area (Å²) in [6.07, 6.45) is 3.03. The van der Waals surface area contributed by atoms with Crippen molar-refractivity contribution in [3.8, 4) is 0 Å². The Labute approximate surface area is 99.5 Å². The highest BCUT2D eigenvalue weighted by molar-refractivity contribution is 4.92. The van der Waals surface area contributed by atoms with Gasteiger partial charge in [-0.1, -0.05) is 0 Å². The molecule has 0 bridgehead atoms. The van der Waals surface area contributed by atoms with Crippen molar-refractivity contribution in [2.45, 2.75) is 64.3 Å². The Balaban J connectivity index is 1.86. The molecule has 2 fully saturated rings. The van der Waals surface area contributed by atoms with Crippen molar-refractivity contribution in [2.24, 2.45) is 0 Å². The van der Waals surface area contributed by atoms with Crippen molar-refractivity contribution in [3.63, 3.8) is 0 Å². The van der Waals surface area contributed by atoms with Crippen LogP contribution in [0.1, 0.15) is 40.5 Å². The molecule has 16 heavy (non-hydrogen) atoms. The van der Waals surface area contributed by atoms with E-state index < -0.39 is 0 Å². The minimum Gasteiger partial charge on any atom is -0.371 e. The number of hydrogen-bond acceptors (Lipinski definition) is 3. The van der Waals surface area contributed by atoms with Crippen LogP contribution in [0, 0.1) is 0 Å². The molecule has 0 unspecified atom stereocenters. The third-order valence-electron chi connectivity index (χ3n) is 3.65. The Morgan fingerprint density at radius 3 is 2.81 bits per heavy atom. The fourth-order valence-corrected chi connectivity index (χ4v) is 2.93. The summed E-state index contributed by atoms with van der Waals surface area (Å²) in [5.41, 5.74) is -0.0387. The zero-order chi connectivity index (χ0) is 11.8. The number of fused-ring (bicyclic) bond motifs is 1. The van der Waals surface area contributed by atoms with Gasteiger partial charge in [-0.3, -0.25) is 4.90 Å². The third kappa shape index (κ3) is 2.96. The maximum Gasteiger partial charge on any atom is 0.0719 e. The molecule has 2 saturated heterocycles. The van der Waals surface area contributed by atoms with E-state index in [1.54, 1.807) is 0 Å². The van der Waals surface area contributed by atoms with Crippen LogP contribution in [0.3, 0.4) is 0 Å². The zero-order valence-corrected chi connectivity index (χ0v) is 11.1. The zero-order valence-electron chi connectivity index (χ0n) is 11.1. The average Bonchev–Trinajstić information content (AvgIpc) is 2.61. The van der Waals surface area contributed by atoms with E-state index in [9.17, 15) is 0 Å². The second-order valence-electron chi connectivity index (χ2n) is 6.24. The monoisotopic (exact) mass is 226 g/mol. The van der Waals surface area contributed by atoms with Crippen molar-refractivity contribution in [3.05, 3.63) is 0 Å². The fraction of sp³-hybridized carbons (Fsp3) is 1.00. The molecule has 2 heterocycles. The van der Waals surface area contributed by atoms with Crippen LogP contribution in [-0.4, -0.2) is 48.3 Å². The molecule has 3 atom stereocenters. The summed E-state index contributed by atoms with van der Waals surface area (Å²) in [4.78, 5) is 2.63. The summed E-state index contributed by atoms with van der Waals surface area (Å²) in [7, 11) is 0. The van der Waals surface area contributed by atoms with Gasteiger partial charge >= 0.3 is 0 Å². The lowest BCUT2D eigenvalue weighted by atomic mass is 10.1. The summed E-state index contributed by atoms with van der Waals surface area (Å²) in [5, 5.41) is 3.65. The highest BCUT2D eigenvalue weighted by atomic mass is 16.5. The minimum atomic E-state index is -0.0387. The Kier molecular flexibility index (Phi) is 3.57. The van der Waals surface area contributed by atoms with Gasteiger partial charge in [-0.2, -0.15) is 0 Å². The maximum atomic E-state index is 6.04. The molecular formula is C13H26N2O. The first-order valence-electron chi connectivity index (χ1n) is 6.61. The molecule has 0 aromatic carbocycles. The SMILES string of the molecule is C[C@H](OC(C)(C)C)[C@H]1CN2CCC[C@@H]2CN1. The van der Waals surface area contributed by atoms with Gasteiger partial charge in [0, 0.05) is 25.2 Å². The van der Waals surface area contributed by atoms with Gasteiger partial charge in [-0.25, -0.2) is 0 Å². The van der Waals surface area contributed by atoms with Gasteiger partial charge < -0.3 is 10.1 Å². The maximum absolute atomic E-state index is 6.04. The summed E-state index contributed by atoms with van der Waals surface area (Å²) < 4.78 is 6.04. The molecule has 0 aromatic rings. The molecular weight excluding hydrogens is 200 g/mol. The van der Waals surface area contributed by atoms with Gasteiger partial charge in [0.25, 0.3) is 0 Å². The van der Waals surface area contributed by atoms with E-state index in [0.29, 0.717) is 12.1 Å². The average molecular weight is 226 g/mol. The molecule has 0 amide bonds. The third-order valence-corrected chi connectivity index (χ3v) is 3.65. The number of hydrogen-bond donors (Lipinski definition) is 1. The van der Waals surface area contributed by atoms with Gasteiger partial charge in [-0.05, 0) is 47.1 Å². The quantitative estimate of drug-likeness (QED) is 0.774. The molecule has 2 aliphatic heterocycles. The van der Waals surface area contributed by atoms with Crippen molar-refractivity contribution >= 4 is 0 Å². The summed E-state index contributed by atoms with van der Waals surface area (Å²) in [5.74, 6) is 0. The van der Waals surface area contributed by atoms with E-state index >= 15 is 0 Å². The molecule has 0 saturated carbocycles. The number of nitrogens with zero attached hydrogens (tertiary/aromatic N) is 1. The van der Waals surface area contributed by atoms with Gasteiger partial charge in [0.05, 0.1) is 11.7 Å². The van der Waals surface area contributed by atoms with E-state index in [1.807, 2.05) is 0 Å². The van der Waals surface area contributed by atoms with Crippen molar-refractivity contribution < 1.29 is 4.74 Å². The second kappa shape index (κ2) is 4.63. The first kappa shape index (κ1) is 12.3. The Morgan fingerprint density at radius 2 is 2.12 bits per heavy atom. The van der Waals surface area contributed by atoms with Crippen LogP contribution in [0.25, 0.3) is 0 Å². The van der Waals surface area contributed by atoms with E-state index in [2.05, 4.69) is 37.9 Å². The lowest BCUT2D eigenvalue weighted by molar-refractivity contribution is -0.0755. The topological polar surface area (TPSA) is 24.5 Å². The Hall–Kier alpha value is -0.120. The molecule has 0 spiro atoms. The van der Waals surface area contributed by atoms with Crippen LogP contribution in [0.2, 0.25) is 0 Å². The van der Waals surface area contributed by atoms with Gasteiger partial charge in [-0.15, -0.1) is 0 Å². The molecule has 0 radical (unpaired) electrons. The van der Waals surface area contributed by atoms with Crippen LogP contribution in [0.4, 0.5) is 0 Å². The van der Waals surface area contributed by atoms with Gasteiger partial charge in [0.1, 0.15) is 0 Å². The molecule has 1 N–H and O–H groups in total. The normalized spacial score (nSPS) is 33.8. The molecule has 3 heteroatoms. The second-order valence-corrected chi connectivity index (χ2v) is 6.24. The van der Waals surface area contributed by atoms with E-state index in [-0.39, 0.29) is 5.60 Å². The lowest BCUT2D eigenvalue weighted by Crippen LogP contribution is -2.58. The van der Waals surface area contributed by atoms with Crippen molar-refractivity contribution in [1.29, 1.82) is 0 Å². The highest BCUT2D eigenvalue weighted by Crippen LogP contribution is 2.22. The summed E-state index contributed by atoms with van der Waals surface area (Å²) in [6.45, 7) is 12.2. The number of rotatable bonds is 2. The fourth-order valence-electron chi connectivity index (χ4n) is 2.93. The van der Waals surface area contributed by atoms with Crippen LogP contribution in [-0.2, 0) is 4.74 Å². The van der Waals surface area contributed by atoms with E-state index in [0.717, 1.165) is 19.1 Å². The summed E-state index contributed by atoms with van der Waals surface area (Å²) >= 11 is 0. The first-order valence-corrected chi connectivity index (χ1v) is 6.61. The largest absolute Gasteiger partial charge is 0.371 e. The molecule has 94 valence electrons. The highest BCUT2D eigenvalue weighted by Gasteiger charge is 2.34. The van der Waals surface area contributed by atoms with Crippen LogP contribution >= 0.6 is 0 Å². The first-order chi connectivity index (χ1) is 7.46. The molecule has 0 aromatic heterocycles. The van der Waals surface area contributed by atoms with E-state index in [1.165, 1.54) is 19.4 Å². The van der Waals surface area contributed by atoms with E-state index in [4.69, 9.17) is 4.74 Å². The molecule has 2 rings (SSSR count). The predicted octanol–water partition coefficient (Wildman–Crippen LogP) is 1.63. The van der Waals surface area contributed by atoms with Crippen LogP contribution in [0.15, 0.2) is 0 Å². The number of ether oxygens (including phenoxy) is 1. The van der Waals surface area contributed by atoms with Gasteiger partial charge in [0.15, 0.2) is 0 Å². The molecule has 3 nitrogen and oxygen atoms in total. The number of nitrogens with one attached hydrogen (secondary N) is 1. The molecule has 2 aliphatic rings. The number of piperazine rings is 1. The van der Waals surface area contributed by atoms with Crippen LogP contribution in [0.5, 0.6) is 0 Å². The van der Waals surface area contributed by atoms with Gasteiger partial charge in [0.2, 0.25) is 0 Å². The molecule has 0 aliphatic carbocycles. The summed E-state index contributed by atoms with van der Waals surface area (Å²) in [6, 6.07) is 1.28. The predicted molar refractivity (Wildman–Crippen MR) is 66.7 cm³/mol. The Morgan fingerprint density at radius 1 is 1.38 bits per heavy atom. The van der Waals surface area contributed by atoms with Crippen molar-refractivity contribution in [2.75, 3.05) is 19.6 Å². The van der Waals surface area contributed by atoms with Crippen LogP contribution < -0.4 is 5.32 Å². The lowest BCUT2D eigenvalue weighted by Gasteiger charge is -2.40. The standard InChI is InChI=1S/C13H26N2O/c1-10(16-13(2,3)4)12-9-15-7-5-6-11(15)8-14-12/h10-12,14H,5-9H2,1-4H3/t10-,11+,12+/m0/s1. The Bertz CT molecular complexity index is 237. The smallest absolute Gasteiger partial charge is 0.0719 e. The van der Waals surface area contributed by atoms with Crippen molar-refractivity contribution in [1.82, 2.24) is 10.2 Å².